The first kappa shape index (κ1) is 16.0. The van der Waals surface area contributed by atoms with Gasteiger partial charge in [-0.1, -0.05) is 12.1 Å². The number of rotatable bonds is 1. The Hall–Kier alpha value is -1.83. The monoisotopic (exact) mass is 335 g/mol. The van der Waals surface area contributed by atoms with Crippen LogP contribution in [0.5, 0.6) is 0 Å². The Labute approximate surface area is 127 Å². The summed E-state index contributed by atoms with van der Waals surface area (Å²) in [7, 11) is 0. The van der Waals surface area contributed by atoms with Crippen LogP contribution in [0.4, 0.5) is 26.3 Å². The quantitative estimate of drug-likeness (QED) is 0.534. The van der Waals surface area contributed by atoms with Crippen LogP contribution in [0, 0.1) is 0 Å². The normalized spacial score (nSPS) is 20.8. The predicted octanol–water partition coefficient (Wildman–Crippen LogP) is 5.12. The molecule has 1 aliphatic heterocycles. The van der Waals surface area contributed by atoms with Gasteiger partial charge >= 0.3 is 12.4 Å². The van der Waals surface area contributed by atoms with Gasteiger partial charge in [-0.3, -0.25) is 0 Å². The maximum atomic E-state index is 13.1. The number of epoxide rings is 1. The van der Waals surface area contributed by atoms with E-state index in [1.54, 1.807) is 13.8 Å². The first-order chi connectivity index (χ1) is 10.4. The molecular weight excluding hydrogens is 324 g/mol. The molecule has 2 aromatic rings. The molecule has 1 aromatic carbocycles. The fraction of sp³-hybridized carbons (Fsp3) is 0.400. The van der Waals surface area contributed by atoms with Gasteiger partial charge in [0.15, 0.2) is 0 Å². The van der Waals surface area contributed by atoms with Gasteiger partial charge in [0, 0.05) is 5.39 Å². The minimum absolute atomic E-state index is 0.0170. The number of hydrogen-bond acceptors (Lipinski definition) is 2. The predicted molar refractivity (Wildman–Crippen MR) is 69.7 cm³/mol. The number of halogens is 6. The lowest BCUT2D eigenvalue weighted by Crippen LogP contribution is -2.13. The lowest BCUT2D eigenvalue weighted by atomic mass is 9.96. The minimum Gasteiger partial charge on any atom is -0.362 e. The molecule has 0 bridgehead atoms. The Balaban J connectivity index is 2.34. The molecule has 1 aliphatic rings. The molecule has 1 fully saturated rings. The van der Waals surface area contributed by atoms with Gasteiger partial charge in [0.2, 0.25) is 0 Å². The van der Waals surface area contributed by atoms with Gasteiger partial charge in [-0.05, 0) is 31.5 Å². The van der Waals surface area contributed by atoms with Crippen molar-refractivity contribution in [1.29, 1.82) is 0 Å². The molecule has 0 radical (unpaired) electrons. The Kier molecular flexibility index (Phi) is 3.20. The fourth-order valence-corrected chi connectivity index (χ4v) is 2.57. The first-order valence-electron chi connectivity index (χ1n) is 6.67. The molecule has 1 aromatic heterocycles. The number of pyridine rings is 1. The third-order valence-electron chi connectivity index (χ3n) is 3.75. The van der Waals surface area contributed by atoms with E-state index < -0.39 is 40.8 Å². The van der Waals surface area contributed by atoms with Crippen LogP contribution in [0.15, 0.2) is 24.3 Å². The summed E-state index contributed by atoms with van der Waals surface area (Å²) in [5.41, 5.74) is -3.91. The van der Waals surface area contributed by atoms with Crippen LogP contribution in [0.2, 0.25) is 0 Å². The molecule has 0 spiro atoms. The Bertz CT molecular complexity index is 778. The highest BCUT2D eigenvalue weighted by molar-refractivity contribution is 5.86. The van der Waals surface area contributed by atoms with Crippen molar-refractivity contribution in [3.63, 3.8) is 0 Å². The zero-order valence-corrected chi connectivity index (χ0v) is 12.0. The second kappa shape index (κ2) is 4.59. The molecule has 2 heterocycles. The number of benzene rings is 1. The SMILES string of the molecule is CC1(C)OC1c1cc(C(F)(F)F)nc2c(C(F)(F)F)cccc12. The van der Waals surface area contributed by atoms with Crippen LogP contribution in [0.3, 0.4) is 0 Å². The van der Waals surface area contributed by atoms with Gasteiger partial charge in [0.05, 0.1) is 16.7 Å². The minimum atomic E-state index is -4.85. The highest BCUT2D eigenvalue weighted by atomic mass is 19.4. The molecule has 124 valence electrons. The summed E-state index contributed by atoms with van der Waals surface area (Å²) in [6.45, 7) is 3.32. The van der Waals surface area contributed by atoms with Crippen LogP contribution in [-0.4, -0.2) is 10.6 Å². The smallest absolute Gasteiger partial charge is 0.362 e. The number of alkyl halides is 6. The van der Waals surface area contributed by atoms with Gasteiger partial charge in [0.1, 0.15) is 11.8 Å². The van der Waals surface area contributed by atoms with Gasteiger partial charge < -0.3 is 4.74 Å². The standard InChI is InChI=1S/C15H11F6NO/c1-13(2)12(23-13)8-6-10(15(19,20)21)22-11-7(8)4-3-5-9(11)14(16,17)18/h3-6,12H,1-2H3. The Morgan fingerprint density at radius 2 is 1.65 bits per heavy atom. The topological polar surface area (TPSA) is 25.4 Å². The van der Waals surface area contributed by atoms with E-state index in [0.717, 1.165) is 18.2 Å². The molecule has 8 heteroatoms. The lowest BCUT2D eigenvalue weighted by Gasteiger charge is -2.15. The number of fused-ring (bicyclic) bond motifs is 1. The fourth-order valence-electron chi connectivity index (χ4n) is 2.57. The molecule has 2 nitrogen and oxygen atoms in total. The summed E-state index contributed by atoms with van der Waals surface area (Å²) in [5, 5.41) is 0.0170. The van der Waals surface area contributed by atoms with E-state index in [9.17, 15) is 26.3 Å². The third-order valence-corrected chi connectivity index (χ3v) is 3.75. The van der Waals surface area contributed by atoms with E-state index in [2.05, 4.69) is 4.98 Å². The maximum absolute atomic E-state index is 13.1. The Morgan fingerprint density at radius 3 is 2.13 bits per heavy atom. The maximum Gasteiger partial charge on any atom is 0.433 e. The highest BCUT2D eigenvalue weighted by Crippen LogP contribution is 2.52. The van der Waals surface area contributed by atoms with Crippen molar-refractivity contribution in [2.45, 2.75) is 37.9 Å². The number of nitrogens with zero attached hydrogens (tertiary/aromatic N) is 1. The van der Waals surface area contributed by atoms with Crippen molar-refractivity contribution >= 4 is 10.9 Å². The molecule has 0 aliphatic carbocycles. The summed E-state index contributed by atoms with van der Waals surface area (Å²) >= 11 is 0. The van der Waals surface area contributed by atoms with Crippen LogP contribution >= 0.6 is 0 Å². The average Bonchev–Trinajstić information content (AvgIpc) is 3.03. The number of aromatic nitrogens is 1. The van der Waals surface area contributed by atoms with Crippen molar-refractivity contribution in [3.05, 3.63) is 41.1 Å². The van der Waals surface area contributed by atoms with Gasteiger partial charge in [-0.25, -0.2) is 4.98 Å². The van der Waals surface area contributed by atoms with E-state index in [1.165, 1.54) is 6.07 Å². The van der Waals surface area contributed by atoms with Crippen molar-refractivity contribution in [2.24, 2.45) is 0 Å². The first-order valence-corrected chi connectivity index (χ1v) is 6.67. The van der Waals surface area contributed by atoms with Crippen molar-refractivity contribution in [3.8, 4) is 0 Å². The van der Waals surface area contributed by atoms with E-state index in [-0.39, 0.29) is 10.9 Å². The molecule has 0 saturated carbocycles. The molecule has 1 saturated heterocycles. The highest BCUT2D eigenvalue weighted by Gasteiger charge is 2.50. The summed E-state index contributed by atoms with van der Waals surface area (Å²) in [5.74, 6) is 0. The van der Waals surface area contributed by atoms with Crippen molar-refractivity contribution in [1.82, 2.24) is 4.98 Å². The molecule has 1 unspecified atom stereocenters. The van der Waals surface area contributed by atoms with Gasteiger partial charge in [-0.2, -0.15) is 26.3 Å². The van der Waals surface area contributed by atoms with Crippen molar-refractivity contribution < 1.29 is 31.1 Å². The van der Waals surface area contributed by atoms with Gasteiger partial charge in [0.25, 0.3) is 0 Å². The van der Waals surface area contributed by atoms with Crippen molar-refractivity contribution in [2.75, 3.05) is 0 Å². The third kappa shape index (κ3) is 2.75. The zero-order chi connectivity index (χ0) is 17.2. The molecule has 1 atom stereocenters. The number of para-hydroxylation sites is 1. The largest absolute Gasteiger partial charge is 0.433 e. The van der Waals surface area contributed by atoms with E-state index in [1.807, 2.05) is 0 Å². The van der Waals surface area contributed by atoms with Gasteiger partial charge in [-0.15, -0.1) is 0 Å². The lowest BCUT2D eigenvalue weighted by molar-refractivity contribution is -0.142. The van der Waals surface area contributed by atoms with E-state index in [0.29, 0.717) is 0 Å². The molecule has 0 amide bonds. The zero-order valence-electron chi connectivity index (χ0n) is 12.0. The summed E-state index contributed by atoms with van der Waals surface area (Å²) in [6, 6.07) is 3.96. The molecule has 3 rings (SSSR count). The molecule has 0 N–H and O–H groups in total. The van der Waals surface area contributed by atoms with E-state index in [4.69, 9.17) is 4.74 Å². The Morgan fingerprint density at radius 1 is 1.04 bits per heavy atom. The molecule has 23 heavy (non-hydrogen) atoms. The molecular formula is C15H11F6NO. The number of hydrogen-bond donors (Lipinski definition) is 0. The second-order valence-corrected chi connectivity index (χ2v) is 5.90. The van der Waals surface area contributed by atoms with Crippen LogP contribution in [0.25, 0.3) is 10.9 Å². The van der Waals surface area contributed by atoms with Crippen LogP contribution < -0.4 is 0 Å². The summed E-state index contributed by atoms with van der Waals surface area (Å²) in [4.78, 5) is 3.23. The van der Waals surface area contributed by atoms with Crippen LogP contribution in [-0.2, 0) is 17.1 Å². The van der Waals surface area contributed by atoms with E-state index >= 15 is 0 Å². The summed E-state index contributed by atoms with van der Waals surface area (Å²) < 4.78 is 83.6. The average molecular weight is 335 g/mol. The summed E-state index contributed by atoms with van der Waals surface area (Å²) in [6.07, 6.45) is -10.3. The van der Waals surface area contributed by atoms with Crippen LogP contribution in [0.1, 0.15) is 36.8 Å². The second-order valence-electron chi connectivity index (χ2n) is 5.90. The number of ether oxygens (including phenoxy) is 1.